The Morgan fingerprint density at radius 2 is 1.64 bits per heavy atom. The second-order valence-corrected chi connectivity index (χ2v) is 11.9. The lowest BCUT2D eigenvalue weighted by atomic mass is 9.95. The largest absolute Gasteiger partial charge is 0.457 e. The van der Waals surface area contributed by atoms with Crippen LogP contribution >= 0.6 is 11.6 Å². The SMILES string of the molecule is Cc1nc2ccc(S(=O)(=O)O)cc2c(=O)n1-c1ccc(C(=O)NN2C(=O)C(Cl)C2c2cccc(Oc3ccccc3)c2)cc1. The van der Waals surface area contributed by atoms with Gasteiger partial charge in [-0.25, -0.2) is 9.99 Å². The summed E-state index contributed by atoms with van der Waals surface area (Å²) >= 11 is 6.36. The number of β-lactam (4-membered cyclic amide) rings is 1. The van der Waals surface area contributed by atoms with Crippen molar-refractivity contribution in [3.05, 3.63) is 124 Å². The summed E-state index contributed by atoms with van der Waals surface area (Å²) in [5.41, 5.74) is 3.55. The maximum absolute atomic E-state index is 13.3. The Bertz CT molecular complexity index is 2100. The number of ether oxygens (including phenoxy) is 1. The molecule has 5 aromatic rings. The van der Waals surface area contributed by atoms with Crippen molar-refractivity contribution in [3.8, 4) is 17.2 Å². The highest BCUT2D eigenvalue weighted by Gasteiger charge is 2.48. The molecular formula is C31H23ClN4O7S. The second kappa shape index (κ2) is 11.2. The molecule has 0 aliphatic carbocycles. The molecule has 1 aliphatic rings. The quantitative estimate of drug-likeness (QED) is 0.151. The molecule has 1 aliphatic heterocycles. The number of rotatable bonds is 7. The van der Waals surface area contributed by atoms with Crippen LogP contribution in [0.2, 0.25) is 0 Å². The zero-order valence-corrected chi connectivity index (χ0v) is 24.5. The molecule has 6 rings (SSSR count). The molecule has 0 bridgehead atoms. The van der Waals surface area contributed by atoms with Crippen molar-refractivity contribution >= 4 is 44.4 Å². The fraction of sp³-hybridized carbons (Fsp3) is 0.0968. The molecular weight excluding hydrogens is 608 g/mol. The summed E-state index contributed by atoms with van der Waals surface area (Å²) in [6.07, 6.45) is 0. The summed E-state index contributed by atoms with van der Waals surface area (Å²) < 4.78 is 39.7. The van der Waals surface area contributed by atoms with Crippen molar-refractivity contribution in [1.82, 2.24) is 20.0 Å². The molecule has 0 saturated carbocycles. The fourth-order valence-corrected chi connectivity index (χ4v) is 5.83. The van der Waals surface area contributed by atoms with Gasteiger partial charge in [0.25, 0.3) is 27.5 Å². The molecule has 2 amide bonds. The summed E-state index contributed by atoms with van der Waals surface area (Å²) in [5, 5.41) is 0.273. The van der Waals surface area contributed by atoms with Crippen LogP contribution in [0.1, 0.15) is 27.8 Å². The van der Waals surface area contributed by atoms with E-state index in [0.29, 0.717) is 28.6 Å². The summed E-state index contributed by atoms with van der Waals surface area (Å²) in [7, 11) is -4.53. The van der Waals surface area contributed by atoms with Gasteiger partial charge in [-0.05, 0) is 79.2 Å². The molecule has 4 aromatic carbocycles. The third-order valence-corrected chi connectivity index (χ3v) is 8.40. The second-order valence-electron chi connectivity index (χ2n) is 9.98. The van der Waals surface area contributed by atoms with Crippen molar-refractivity contribution in [2.45, 2.75) is 23.2 Å². The van der Waals surface area contributed by atoms with E-state index >= 15 is 0 Å². The molecule has 2 unspecified atom stereocenters. The van der Waals surface area contributed by atoms with E-state index in [1.165, 1.54) is 39.9 Å². The molecule has 13 heteroatoms. The molecule has 44 heavy (non-hydrogen) atoms. The van der Waals surface area contributed by atoms with E-state index in [1.807, 2.05) is 30.3 Å². The minimum Gasteiger partial charge on any atom is -0.457 e. The number of alkyl halides is 1. The number of aryl methyl sites for hydroxylation is 1. The average Bonchev–Trinajstić information content (AvgIpc) is 3.01. The minimum atomic E-state index is -4.53. The Morgan fingerprint density at radius 1 is 0.932 bits per heavy atom. The lowest BCUT2D eigenvalue weighted by Crippen LogP contribution is -2.63. The van der Waals surface area contributed by atoms with Gasteiger partial charge in [0.2, 0.25) is 0 Å². The smallest absolute Gasteiger partial charge is 0.294 e. The van der Waals surface area contributed by atoms with Gasteiger partial charge in [0.15, 0.2) is 0 Å². The minimum absolute atomic E-state index is 0.0104. The monoisotopic (exact) mass is 630 g/mol. The number of benzene rings is 4. The number of halogens is 1. The van der Waals surface area contributed by atoms with Crippen molar-refractivity contribution < 1.29 is 27.3 Å². The number of aromatic nitrogens is 2. The molecule has 1 aromatic heterocycles. The summed E-state index contributed by atoms with van der Waals surface area (Å²) in [6.45, 7) is 1.61. The molecule has 2 N–H and O–H groups in total. The first kappa shape index (κ1) is 29.1. The van der Waals surface area contributed by atoms with Gasteiger partial charge in [0.1, 0.15) is 28.7 Å². The Morgan fingerprint density at radius 3 is 2.34 bits per heavy atom. The Hall–Kier alpha value is -5.04. The first-order valence-electron chi connectivity index (χ1n) is 13.2. The zero-order valence-electron chi connectivity index (χ0n) is 22.9. The van der Waals surface area contributed by atoms with Gasteiger partial charge in [0, 0.05) is 5.56 Å². The van der Waals surface area contributed by atoms with Crippen molar-refractivity contribution in [2.75, 3.05) is 0 Å². The third kappa shape index (κ3) is 5.41. The maximum atomic E-state index is 13.3. The van der Waals surface area contributed by atoms with Gasteiger partial charge in [-0.1, -0.05) is 30.3 Å². The zero-order chi connectivity index (χ0) is 31.2. The first-order chi connectivity index (χ1) is 21.0. The van der Waals surface area contributed by atoms with E-state index in [0.717, 1.165) is 12.1 Å². The number of hydrogen-bond acceptors (Lipinski definition) is 7. The normalized spacial score (nSPS) is 16.4. The molecule has 11 nitrogen and oxygen atoms in total. The van der Waals surface area contributed by atoms with Crippen LogP contribution in [0.15, 0.2) is 107 Å². The van der Waals surface area contributed by atoms with E-state index in [1.54, 1.807) is 31.2 Å². The molecule has 1 saturated heterocycles. The highest BCUT2D eigenvalue weighted by Crippen LogP contribution is 2.38. The van der Waals surface area contributed by atoms with Crippen LogP contribution in [0.25, 0.3) is 16.6 Å². The van der Waals surface area contributed by atoms with Gasteiger partial charge < -0.3 is 4.74 Å². The van der Waals surface area contributed by atoms with E-state index in [4.69, 9.17) is 16.3 Å². The summed E-state index contributed by atoms with van der Waals surface area (Å²) in [5.74, 6) is 0.463. The Labute approximate surface area is 256 Å². The number of para-hydroxylation sites is 1. The van der Waals surface area contributed by atoms with Gasteiger partial charge in [-0.3, -0.25) is 28.9 Å². The van der Waals surface area contributed by atoms with Crippen LogP contribution in [-0.4, -0.2) is 44.7 Å². The van der Waals surface area contributed by atoms with Crippen molar-refractivity contribution in [1.29, 1.82) is 0 Å². The van der Waals surface area contributed by atoms with E-state index < -0.39 is 43.8 Å². The van der Waals surface area contributed by atoms with Crippen LogP contribution < -0.4 is 15.7 Å². The summed E-state index contributed by atoms with van der Waals surface area (Å²) in [4.78, 5) is 43.0. The topological polar surface area (TPSA) is 148 Å². The number of hydrazine groups is 1. The standard InChI is InChI=1S/C31H23ClN4O7S/c1-18-33-26-15-14-24(44(40,41)42)17-25(26)30(38)35(18)21-12-10-19(11-13-21)29(37)34-36-28(27(32)31(36)39)20-6-5-9-23(16-20)43-22-7-3-2-4-8-22/h2-17,27-28H,1H3,(H,34,37)(H,40,41,42). The van der Waals surface area contributed by atoms with Gasteiger partial charge in [-0.15, -0.1) is 11.6 Å². The maximum Gasteiger partial charge on any atom is 0.294 e. The van der Waals surface area contributed by atoms with E-state index in [9.17, 15) is 27.4 Å². The fourth-order valence-electron chi connectivity index (χ4n) is 4.96. The van der Waals surface area contributed by atoms with Gasteiger partial charge in [0.05, 0.1) is 21.5 Å². The van der Waals surface area contributed by atoms with Crippen LogP contribution in [0.4, 0.5) is 0 Å². The predicted molar refractivity (Wildman–Crippen MR) is 162 cm³/mol. The summed E-state index contributed by atoms with van der Waals surface area (Å²) in [6, 6.07) is 25.2. The van der Waals surface area contributed by atoms with Crippen LogP contribution in [0.3, 0.4) is 0 Å². The van der Waals surface area contributed by atoms with E-state index in [-0.39, 0.29) is 16.5 Å². The Balaban J connectivity index is 1.22. The number of carbonyl (C=O) groups is 2. The first-order valence-corrected chi connectivity index (χ1v) is 15.1. The van der Waals surface area contributed by atoms with Crippen LogP contribution in [0, 0.1) is 6.92 Å². The highest BCUT2D eigenvalue weighted by molar-refractivity contribution is 7.85. The highest BCUT2D eigenvalue weighted by atomic mass is 35.5. The molecule has 1 fully saturated rings. The number of carbonyl (C=O) groups excluding carboxylic acids is 2. The third-order valence-electron chi connectivity index (χ3n) is 7.12. The average molecular weight is 631 g/mol. The number of fused-ring (bicyclic) bond motifs is 1. The van der Waals surface area contributed by atoms with Gasteiger partial charge in [-0.2, -0.15) is 8.42 Å². The number of nitrogens with zero attached hydrogens (tertiary/aromatic N) is 3. The van der Waals surface area contributed by atoms with Crippen molar-refractivity contribution in [2.24, 2.45) is 0 Å². The van der Waals surface area contributed by atoms with Gasteiger partial charge >= 0.3 is 0 Å². The molecule has 0 spiro atoms. The van der Waals surface area contributed by atoms with E-state index in [2.05, 4.69) is 10.4 Å². The lowest BCUT2D eigenvalue weighted by Gasteiger charge is -2.44. The Kier molecular flexibility index (Phi) is 7.41. The number of hydrogen-bond donors (Lipinski definition) is 2. The predicted octanol–water partition coefficient (Wildman–Crippen LogP) is 4.57. The molecule has 0 radical (unpaired) electrons. The lowest BCUT2D eigenvalue weighted by molar-refractivity contribution is -0.149. The van der Waals surface area contributed by atoms with Crippen molar-refractivity contribution in [3.63, 3.8) is 0 Å². The molecule has 2 heterocycles. The number of nitrogens with one attached hydrogen (secondary N) is 1. The number of amides is 2. The molecule has 222 valence electrons. The van der Waals surface area contributed by atoms with Crippen LogP contribution in [0.5, 0.6) is 11.5 Å². The van der Waals surface area contributed by atoms with Crippen LogP contribution in [-0.2, 0) is 14.9 Å². The molecule has 2 atom stereocenters.